The molecule has 0 aromatic carbocycles. The minimum atomic E-state index is -0.733. The molecule has 3 rings (SSSR count). The molecule has 3 heterocycles. The Morgan fingerprint density at radius 1 is 1.30 bits per heavy atom. The Morgan fingerprint density at radius 3 is 2.93 bits per heavy atom. The number of amides is 3. The fourth-order valence-electron chi connectivity index (χ4n) is 3.80. The minimum absolute atomic E-state index is 0.114. The van der Waals surface area contributed by atoms with Crippen LogP contribution in [0.2, 0.25) is 0 Å². The second-order valence-corrected chi connectivity index (χ2v) is 7.70. The summed E-state index contributed by atoms with van der Waals surface area (Å²) in [6.07, 6.45) is 4.17. The van der Waals surface area contributed by atoms with Crippen LogP contribution in [0.25, 0.3) is 0 Å². The van der Waals surface area contributed by atoms with Crippen molar-refractivity contribution in [1.29, 1.82) is 0 Å². The zero-order valence-electron chi connectivity index (χ0n) is 17.3. The highest BCUT2D eigenvalue weighted by atomic mass is 16.5. The summed E-state index contributed by atoms with van der Waals surface area (Å²) in [5.74, 6) is -0.114. The first-order valence-corrected chi connectivity index (χ1v) is 10.5. The van der Waals surface area contributed by atoms with Gasteiger partial charge in [-0.3, -0.25) is 4.79 Å². The Labute approximate surface area is 176 Å². The molecule has 4 atom stereocenters. The molecule has 0 aliphatic carbocycles. The summed E-state index contributed by atoms with van der Waals surface area (Å²) in [6, 6.07) is 1.36. The zero-order chi connectivity index (χ0) is 21.3. The van der Waals surface area contributed by atoms with Crippen molar-refractivity contribution in [2.45, 2.75) is 63.5 Å². The van der Waals surface area contributed by atoms with E-state index < -0.39 is 6.10 Å². The number of aliphatic hydroxyl groups is 1. The fourth-order valence-corrected chi connectivity index (χ4v) is 3.80. The van der Waals surface area contributed by atoms with Gasteiger partial charge in [0, 0.05) is 12.7 Å². The monoisotopic (exact) mass is 421 g/mol. The summed E-state index contributed by atoms with van der Waals surface area (Å²) < 4.78 is 11.7. The number of nitrogens with zero attached hydrogens (tertiary/aromatic N) is 3. The van der Waals surface area contributed by atoms with Crippen LogP contribution in [0, 0.1) is 0 Å². The van der Waals surface area contributed by atoms with E-state index in [-0.39, 0.29) is 56.4 Å². The molecule has 2 fully saturated rings. The van der Waals surface area contributed by atoms with Crippen LogP contribution in [-0.2, 0) is 20.8 Å². The van der Waals surface area contributed by atoms with Gasteiger partial charge in [-0.15, -0.1) is 0 Å². The molecular weight excluding hydrogens is 390 g/mol. The molecule has 1 aromatic heterocycles. The first-order chi connectivity index (χ1) is 14.6. The number of aliphatic hydroxyl groups excluding tert-OH is 1. The predicted octanol–water partition coefficient (Wildman–Crippen LogP) is 0.212. The Bertz CT molecular complexity index is 691. The average molecular weight is 421 g/mol. The van der Waals surface area contributed by atoms with Gasteiger partial charge < -0.3 is 30.1 Å². The van der Waals surface area contributed by atoms with Crippen molar-refractivity contribution in [2.75, 3.05) is 26.3 Å². The smallest absolute Gasteiger partial charge is 0.317 e. The van der Waals surface area contributed by atoms with E-state index in [1.165, 1.54) is 6.33 Å². The Balaban J connectivity index is 1.55. The van der Waals surface area contributed by atoms with Gasteiger partial charge in [-0.05, 0) is 25.3 Å². The van der Waals surface area contributed by atoms with Crippen LogP contribution in [0.1, 0.15) is 38.3 Å². The number of hydrogen-bond donors (Lipinski definition) is 3. The molecule has 2 saturated heterocycles. The summed E-state index contributed by atoms with van der Waals surface area (Å²) in [4.78, 5) is 34.6. The number of fused-ring (bicyclic) bond motifs is 1. The van der Waals surface area contributed by atoms with Crippen LogP contribution in [-0.4, -0.2) is 82.6 Å². The van der Waals surface area contributed by atoms with Crippen LogP contribution >= 0.6 is 0 Å². The lowest BCUT2D eigenvalue weighted by atomic mass is 9.95. The van der Waals surface area contributed by atoms with E-state index in [1.54, 1.807) is 17.2 Å². The number of ether oxygens (including phenoxy) is 2. The number of aromatic nitrogens is 2. The molecule has 3 N–H and O–H groups in total. The Morgan fingerprint density at radius 2 is 2.17 bits per heavy atom. The van der Waals surface area contributed by atoms with Gasteiger partial charge in [-0.2, -0.15) is 0 Å². The topological polar surface area (TPSA) is 126 Å². The van der Waals surface area contributed by atoms with Gasteiger partial charge in [0.15, 0.2) is 0 Å². The Hall–Kier alpha value is -2.30. The van der Waals surface area contributed by atoms with Gasteiger partial charge in [-0.25, -0.2) is 14.8 Å². The normalized spacial score (nSPS) is 26.8. The molecular formula is C20H31N5O5. The lowest BCUT2D eigenvalue weighted by Gasteiger charge is -2.44. The van der Waals surface area contributed by atoms with Gasteiger partial charge in [0.05, 0.1) is 56.7 Å². The lowest BCUT2D eigenvalue weighted by Crippen LogP contribution is -2.59. The van der Waals surface area contributed by atoms with Crippen molar-refractivity contribution in [3.8, 4) is 0 Å². The molecule has 0 spiro atoms. The van der Waals surface area contributed by atoms with Crippen molar-refractivity contribution in [1.82, 2.24) is 25.5 Å². The third-order valence-corrected chi connectivity index (χ3v) is 5.29. The first-order valence-electron chi connectivity index (χ1n) is 10.5. The molecule has 2 aliphatic heterocycles. The predicted molar refractivity (Wildman–Crippen MR) is 107 cm³/mol. The zero-order valence-corrected chi connectivity index (χ0v) is 17.3. The minimum Gasteiger partial charge on any atom is -0.389 e. The summed E-state index contributed by atoms with van der Waals surface area (Å²) >= 11 is 0. The molecule has 1 aromatic rings. The van der Waals surface area contributed by atoms with E-state index in [2.05, 4.69) is 20.6 Å². The van der Waals surface area contributed by atoms with Crippen molar-refractivity contribution in [3.05, 3.63) is 24.3 Å². The maximum absolute atomic E-state index is 12.6. The number of hydrogen-bond acceptors (Lipinski definition) is 7. The van der Waals surface area contributed by atoms with E-state index in [0.717, 1.165) is 12.1 Å². The third kappa shape index (κ3) is 6.35. The molecule has 3 amide bonds. The van der Waals surface area contributed by atoms with Gasteiger partial charge in [0.1, 0.15) is 12.4 Å². The molecule has 0 saturated carbocycles. The molecule has 0 radical (unpaired) electrons. The van der Waals surface area contributed by atoms with Crippen LogP contribution in [0.4, 0.5) is 4.79 Å². The van der Waals surface area contributed by atoms with Crippen molar-refractivity contribution >= 4 is 11.9 Å². The third-order valence-electron chi connectivity index (χ3n) is 5.29. The van der Waals surface area contributed by atoms with E-state index in [1.807, 2.05) is 6.92 Å². The number of β-amino-alcohol motifs (C(OH)–C–C–N with tert-alkyl or cyclic N) is 1. The van der Waals surface area contributed by atoms with E-state index in [9.17, 15) is 14.7 Å². The number of carbonyl (C=O) groups is 2. The van der Waals surface area contributed by atoms with E-state index in [0.29, 0.717) is 25.9 Å². The van der Waals surface area contributed by atoms with Crippen LogP contribution in [0.15, 0.2) is 18.6 Å². The number of nitrogens with one attached hydrogen (secondary N) is 2. The van der Waals surface area contributed by atoms with Gasteiger partial charge in [0.25, 0.3) is 0 Å². The standard InChI is InChI=1S/C20H31N5O5/c1-2-6-22-20(28)25-10-15(26)11-29-12-18-17(25)4-3-16(30-18)8-19(27)23-9-14-5-7-21-13-24-14/h5,7,13,15-18,26H,2-4,6,8-12H2,1H3,(H,22,28)(H,23,27)/t15-,16+,17+,18-/m1/s1. The maximum atomic E-state index is 12.6. The van der Waals surface area contributed by atoms with Crippen LogP contribution in [0.5, 0.6) is 0 Å². The molecule has 0 bridgehead atoms. The van der Waals surface area contributed by atoms with E-state index in [4.69, 9.17) is 9.47 Å². The van der Waals surface area contributed by atoms with E-state index >= 15 is 0 Å². The molecule has 10 heteroatoms. The highest BCUT2D eigenvalue weighted by molar-refractivity contribution is 5.76. The molecule has 30 heavy (non-hydrogen) atoms. The highest BCUT2D eigenvalue weighted by Crippen LogP contribution is 2.27. The lowest BCUT2D eigenvalue weighted by molar-refractivity contribution is -0.150. The second-order valence-electron chi connectivity index (χ2n) is 7.70. The summed E-state index contributed by atoms with van der Waals surface area (Å²) in [5, 5.41) is 15.9. The summed E-state index contributed by atoms with van der Waals surface area (Å²) in [5.41, 5.74) is 0.740. The number of rotatable bonds is 6. The molecule has 0 unspecified atom stereocenters. The fraction of sp³-hybridized carbons (Fsp3) is 0.700. The summed E-state index contributed by atoms with van der Waals surface area (Å²) in [7, 11) is 0. The van der Waals surface area contributed by atoms with Crippen molar-refractivity contribution < 1.29 is 24.2 Å². The maximum Gasteiger partial charge on any atom is 0.317 e. The second kappa shape index (κ2) is 11.2. The van der Waals surface area contributed by atoms with Crippen molar-refractivity contribution in [2.24, 2.45) is 0 Å². The van der Waals surface area contributed by atoms with Crippen LogP contribution in [0.3, 0.4) is 0 Å². The van der Waals surface area contributed by atoms with Crippen molar-refractivity contribution in [3.63, 3.8) is 0 Å². The molecule has 10 nitrogen and oxygen atoms in total. The largest absolute Gasteiger partial charge is 0.389 e. The number of carbonyl (C=O) groups excluding carboxylic acids is 2. The highest BCUT2D eigenvalue weighted by Gasteiger charge is 2.39. The SMILES string of the molecule is CCCNC(=O)N1C[C@@H](O)COC[C@H]2O[C@H](CC(=O)NCc3ccncn3)CC[C@@H]21. The van der Waals surface area contributed by atoms with Crippen LogP contribution < -0.4 is 10.6 Å². The Kier molecular flexibility index (Phi) is 8.35. The number of urea groups is 1. The van der Waals surface area contributed by atoms with Gasteiger partial charge >= 0.3 is 6.03 Å². The molecule has 2 aliphatic rings. The quantitative estimate of drug-likeness (QED) is 0.599. The first kappa shape index (κ1) is 22.4. The van der Waals surface area contributed by atoms with Gasteiger partial charge in [0.2, 0.25) is 5.91 Å². The summed E-state index contributed by atoms with van der Waals surface area (Å²) in [6.45, 7) is 3.53. The molecule has 166 valence electrons. The average Bonchev–Trinajstić information content (AvgIpc) is 2.74. The van der Waals surface area contributed by atoms with Gasteiger partial charge in [-0.1, -0.05) is 6.92 Å².